The minimum atomic E-state index is -0.359. The largest absolute Gasteiger partial charge is 0.393 e. The molecule has 13 heavy (non-hydrogen) atoms. The summed E-state index contributed by atoms with van der Waals surface area (Å²) < 4.78 is 1.26. The molecule has 5 nitrogen and oxygen atoms in total. The minimum absolute atomic E-state index is 0.0305. The molecule has 0 atom stereocenters. The number of nitrogens with two attached hydrogens (primary N) is 1. The molecule has 0 aliphatic rings. The van der Waals surface area contributed by atoms with E-state index >= 15 is 0 Å². The van der Waals surface area contributed by atoms with Crippen LogP contribution in [-0.4, -0.2) is 15.3 Å². The predicted octanol–water partition coefficient (Wildman–Crippen LogP) is -0.277. The topological polar surface area (TPSA) is 78.0 Å². The third kappa shape index (κ3) is 1.93. The van der Waals surface area contributed by atoms with E-state index in [-0.39, 0.29) is 23.6 Å². The van der Waals surface area contributed by atoms with E-state index in [0.717, 1.165) is 0 Å². The second-order valence-electron chi connectivity index (χ2n) is 2.85. The van der Waals surface area contributed by atoms with Gasteiger partial charge < -0.3 is 5.73 Å². The Balaban J connectivity index is 3.26. The number of nitrogen functional groups attached to an aromatic ring is 1. The average molecular weight is 181 g/mol. The first-order valence-corrected chi connectivity index (χ1v) is 3.83. The Morgan fingerprint density at radius 3 is 2.85 bits per heavy atom. The number of aryl methyl sites for hydroxylation is 1. The SMILES string of the molecule is CC(=O)Cn1c(C)ncc(N)c1=O. The number of nitrogens with zero attached hydrogens (tertiary/aromatic N) is 2. The molecule has 0 bridgehead atoms. The van der Waals surface area contributed by atoms with E-state index in [0.29, 0.717) is 5.82 Å². The molecule has 0 spiro atoms. The molecule has 5 heteroatoms. The average Bonchev–Trinajstić information content (AvgIpc) is 2.05. The van der Waals surface area contributed by atoms with Gasteiger partial charge in [0.15, 0.2) is 0 Å². The summed E-state index contributed by atoms with van der Waals surface area (Å²) in [5.41, 5.74) is 5.06. The van der Waals surface area contributed by atoms with Crippen molar-refractivity contribution in [3.05, 3.63) is 22.4 Å². The summed E-state index contributed by atoms with van der Waals surface area (Å²) >= 11 is 0. The van der Waals surface area contributed by atoms with Gasteiger partial charge in [0.2, 0.25) is 0 Å². The summed E-state index contributed by atoms with van der Waals surface area (Å²) in [6.07, 6.45) is 1.30. The van der Waals surface area contributed by atoms with E-state index in [1.165, 1.54) is 17.7 Å². The second kappa shape index (κ2) is 3.38. The van der Waals surface area contributed by atoms with Crippen LogP contribution in [0.4, 0.5) is 5.69 Å². The van der Waals surface area contributed by atoms with E-state index in [1.807, 2.05) is 0 Å². The maximum atomic E-state index is 11.4. The van der Waals surface area contributed by atoms with Crippen LogP contribution in [-0.2, 0) is 11.3 Å². The van der Waals surface area contributed by atoms with Gasteiger partial charge in [-0.25, -0.2) is 4.98 Å². The highest BCUT2D eigenvalue weighted by atomic mass is 16.1. The molecule has 1 aromatic heterocycles. The van der Waals surface area contributed by atoms with Crippen LogP contribution in [0.2, 0.25) is 0 Å². The lowest BCUT2D eigenvalue weighted by molar-refractivity contribution is -0.117. The van der Waals surface area contributed by atoms with Gasteiger partial charge in [0.1, 0.15) is 17.3 Å². The number of anilines is 1. The van der Waals surface area contributed by atoms with Crippen molar-refractivity contribution in [1.82, 2.24) is 9.55 Å². The van der Waals surface area contributed by atoms with Gasteiger partial charge in [0.05, 0.1) is 12.7 Å². The monoisotopic (exact) mass is 181 g/mol. The summed E-state index contributed by atoms with van der Waals surface area (Å²) in [6, 6.07) is 0. The van der Waals surface area contributed by atoms with Gasteiger partial charge in [0, 0.05) is 0 Å². The Hall–Kier alpha value is -1.65. The molecule has 2 N–H and O–H groups in total. The number of carbonyl (C=O) groups excluding carboxylic acids is 1. The smallest absolute Gasteiger partial charge is 0.277 e. The maximum Gasteiger partial charge on any atom is 0.277 e. The first kappa shape index (κ1) is 9.44. The van der Waals surface area contributed by atoms with Crippen molar-refractivity contribution < 1.29 is 4.79 Å². The van der Waals surface area contributed by atoms with E-state index in [4.69, 9.17) is 5.73 Å². The number of ketones is 1. The van der Waals surface area contributed by atoms with Crippen molar-refractivity contribution in [2.45, 2.75) is 20.4 Å². The predicted molar refractivity (Wildman–Crippen MR) is 48.3 cm³/mol. The summed E-state index contributed by atoms with van der Waals surface area (Å²) in [5, 5.41) is 0. The summed E-state index contributed by atoms with van der Waals surface area (Å²) in [5.74, 6) is 0.395. The van der Waals surface area contributed by atoms with E-state index in [2.05, 4.69) is 4.98 Å². The molecule has 0 aliphatic heterocycles. The molecule has 70 valence electrons. The Morgan fingerprint density at radius 2 is 2.31 bits per heavy atom. The number of hydrogen-bond acceptors (Lipinski definition) is 4. The Labute approximate surface area is 75.2 Å². The highest BCUT2D eigenvalue weighted by Crippen LogP contribution is 1.94. The van der Waals surface area contributed by atoms with Gasteiger partial charge in [-0.3, -0.25) is 14.2 Å². The lowest BCUT2D eigenvalue weighted by Gasteiger charge is -2.06. The summed E-state index contributed by atoms with van der Waals surface area (Å²) in [4.78, 5) is 26.0. The zero-order valence-electron chi connectivity index (χ0n) is 7.57. The minimum Gasteiger partial charge on any atom is -0.393 e. The molecule has 1 heterocycles. The fourth-order valence-corrected chi connectivity index (χ4v) is 1.000. The van der Waals surface area contributed by atoms with Crippen molar-refractivity contribution in [3.63, 3.8) is 0 Å². The van der Waals surface area contributed by atoms with Gasteiger partial charge in [-0.15, -0.1) is 0 Å². The molecule has 1 aromatic rings. The number of rotatable bonds is 2. The first-order chi connectivity index (χ1) is 6.02. The number of Topliss-reactive ketones (excluding diaryl/α,β-unsaturated/α-hetero) is 1. The number of aromatic nitrogens is 2. The summed E-state index contributed by atoms with van der Waals surface area (Å²) in [6.45, 7) is 3.10. The zero-order valence-corrected chi connectivity index (χ0v) is 7.57. The number of hydrogen-bond donors (Lipinski definition) is 1. The quantitative estimate of drug-likeness (QED) is 0.680. The van der Waals surface area contributed by atoms with E-state index in [9.17, 15) is 9.59 Å². The standard InChI is InChI=1S/C8H11N3O2/c1-5(12)4-11-6(2)10-3-7(9)8(11)13/h3H,4,9H2,1-2H3. The highest BCUT2D eigenvalue weighted by molar-refractivity contribution is 5.75. The fourth-order valence-electron chi connectivity index (χ4n) is 1.000. The number of carbonyl (C=O) groups is 1. The van der Waals surface area contributed by atoms with Crippen molar-refractivity contribution in [1.29, 1.82) is 0 Å². The normalized spacial score (nSPS) is 10.0. The molecule has 0 unspecified atom stereocenters. The molecular formula is C8H11N3O2. The van der Waals surface area contributed by atoms with Crippen LogP contribution in [0.25, 0.3) is 0 Å². The lowest BCUT2D eigenvalue weighted by Crippen LogP contribution is -2.28. The van der Waals surface area contributed by atoms with Gasteiger partial charge in [-0.05, 0) is 13.8 Å². The highest BCUT2D eigenvalue weighted by Gasteiger charge is 2.05. The molecule has 0 saturated carbocycles. The van der Waals surface area contributed by atoms with Crippen molar-refractivity contribution in [3.8, 4) is 0 Å². The molecule has 0 aromatic carbocycles. The summed E-state index contributed by atoms with van der Waals surface area (Å²) in [7, 11) is 0. The van der Waals surface area contributed by atoms with Crippen LogP contribution >= 0.6 is 0 Å². The third-order valence-corrected chi connectivity index (χ3v) is 1.65. The Bertz CT molecular complexity index is 395. The second-order valence-corrected chi connectivity index (χ2v) is 2.85. The van der Waals surface area contributed by atoms with Crippen molar-refractivity contribution in [2.24, 2.45) is 0 Å². The lowest BCUT2D eigenvalue weighted by atomic mass is 10.4. The van der Waals surface area contributed by atoms with E-state index < -0.39 is 0 Å². The van der Waals surface area contributed by atoms with Gasteiger partial charge in [0.25, 0.3) is 5.56 Å². The Morgan fingerprint density at radius 1 is 1.69 bits per heavy atom. The fraction of sp³-hybridized carbons (Fsp3) is 0.375. The molecular weight excluding hydrogens is 170 g/mol. The van der Waals surface area contributed by atoms with Gasteiger partial charge in [-0.1, -0.05) is 0 Å². The molecule has 0 radical (unpaired) electrons. The van der Waals surface area contributed by atoms with Crippen LogP contribution in [0.15, 0.2) is 11.0 Å². The van der Waals surface area contributed by atoms with Crippen molar-refractivity contribution >= 4 is 11.5 Å². The maximum absolute atomic E-state index is 11.4. The van der Waals surface area contributed by atoms with Crippen LogP contribution in [0.3, 0.4) is 0 Å². The first-order valence-electron chi connectivity index (χ1n) is 3.83. The van der Waals surface area contributed by atoms with Gasteiger partial charge >= 0.3 is 0 Å². The zero-order chi connectivity index (χ0) is 10.0. The molecule has 0 aliphatic carbocycles. The van der Waals surface area contributed by atoms with Crippen LogP contribution < -0.4 is 11.3 Å². The van der Waals surface area contributed by atoms with Crippen molar-refractivity contribution in [2.75, 3.05) is 5.73 Å². The van der Waals surface area contributed by atoms with E-state index in [1.54, 1.807) is 6.92 Å². The molecule has 0 fully saturated rings. The Kier molecular flexibility index (Phi) is 2.46. The molecule has 1 rings (SSSR count). The third-order valence-electron chi connectivity index (χ3n) is 1.65. The van der Waals surface area contributed by atoms with Gasteiger partial charge in [-0.2, -0.15) is 0 Å². The van der Waals surface area contributed by atoms with Crippen LogP contribution in [0.5, 0.6) is 0 Å². The molecule has 0 saturated heterocycles. The molecule has 0 amide bonds. The van der Waals surface area contributed by atoms with Crippen LogP contribution in [0.1, 0.15) is 12.7 Å². The van der Waals surface area contributed by atoms with Crippen LogP contribution in [0, 0.1) is 6.92 Å².